The van der Waals surface area contributed by atoms with Crippen LogP contribution in [0.2, 0.25) is 0 Å². The average Bonchev–Trinajstić information content (AvgIpc) is 2.47. The lowest BCUT2D eigenvalue weighted by atomic mass is 10.2. The Balaban J connectivity index is 1.72. The quantitative estimate of drug-likeness (QED) is 0.836. The van der Waals surface area contributed by atoms with Crippen molar-refractivity contribution in [1.82, 2.24) is 15.6 Å². The Morgan fingerprint density at radius 2 is 2.53 bits per heavy atom. The Morgan fingerprint density at radius 1 is 1.63 bits per heavy atom. The number of nitrogens with zero attached hydrogens (tertiary/aromatic N) is 1. The molecule has 0 spiro atoms. The normalized spacial score (nSPS) is 18.9. The first-order valence-electron chi connectivity index (χ1n) is 6.34. The van der Waals surface area contributed by atoms with Crippen molar-refractivity contribution in [2.24, 2.45) is 0 Å². The van der Waals surface area contributed by atoms with Crippen LogP contribution in [0.3, 0.4) is 0 Å². The minimum absolute atomic E-state index is 0.0795. The van der Waals surface area contributed by atoms with Gasteiger partial charge < -0.3 is 15.4 Å². The van der Waals surface area contributed by atoms with Gasteiger partial charge in [-0.2, -0.15) is 11.8 Å². The number of carbonyl (C=O) groups is 1. The molecule has 0 saturated carbocycles. The summed E-state index contributed by atoms with van der Waals surface area (Å²) >= 11 is 1.90. The summed E-state index contributed by atoms with van der Waals surface area (Å²) in [6, 6.07) is 3.99. The predicted octanol–water partition coefficient (Wildman–Crippen LogP) is 0.801. The monoisotopic (exact) mass is 281 g/mol. The number of methoxy groups -OCH3 is 1. The molecule has 5 nitrogen and oxygen atoms in total. The van der Waals surface area contributed by atoms with Crippen LogP contribution in [0.15, 0.2) is 18.3 Å². The summed E-state index contributed by atoms with van der Waals surface area (Å²) in [5.41, 5.74) is 0.972. The van der Waals surface area contributed by atoms with Gasteiger partial charge in [-0.05, 0) is 5.56 Å². The van der Waals surface area contributed by atoms with Crippen LogP contribution in [0.25, 0.3) is 0 Å². The molecule has 6 heteroatoms. The van der Waals surface area contributed by atoms with Gasteiger partial charge in [0.05, 0.1) is 7.11 Å². The highest BCUT2D eigenvalue weighted by Gasteiger charge is 2.16. The first kappa shape index (κ1) is 14.1. The van der Waals surface area contributed by atoms with E-state index >= 15 is 0 Å². The highest BCUT2D eigenvalue weighted by molar-refractivity contribution is 7.99. The second-order valence-electron chi connectivity index (χ2n) is 4.42. The van der Waals surface area contributed by atoms with Gasteiger partial charge >= 0.3 is 0 Å². The predicted molar refractivity (Wildman–Crippen MR) is 76.4 cm³/mol. The van der Waals surface area contributed by atoms with E-state index in [2.05, 4.69) is 15.6 Å². The Hall–Kier alpha value is -1.27. The zero-order valence-electron chi connectivity index (χ0n) is 11.0. The smallest absolute Gasteiger partial charge is 0.221 e. The molecule has 1 unspecified atom stereocenters. The fraction of sp³-hybridized carbons (Fsp3) is 0.538. The summed E-state index contributed by atoms with van der Waals surface area (Å²) < 4.78 is 4.99. The number of hydrogen-bond donors (Lipinski definition) is 2. The fourth-order valence-corrected chi connectivity index (χ4v) is 2.83. The third-order valence-electron chi connectivity index (χ3n) is 2.93. The van der Waals surface area contributed by atoms with Gasteiger partial charge in [0.25, 0.3) is 0 Å². The van der Waals surface area contributed by atoms with E-state index in [1.807, 2.05) is 17.8 Å². The molecular formula is C13H19N3O2S. The van der Waals surface area contributed by atoms with Crippen LogP contribution in [0.5, 0.6) is 5.88 Å². The van der Waals surface area contributed by atoms with Gasteiger partial charge in [-0.3, -0.25) is 4.79 Å². The highest BCUT2D eigenvalue weighted by atomic mass is 32.2. The second-order valence-corrected chi connectivity index (χ2v) is 5.57. The third-order valence-corrected chi connectivity index (χ3v) is 4.06. The van der Waals surface area contributed by atoms with Crippen LogP contribution in [-0.4, -0.2) is 42.1 Å². The summed E-state index contributed by atoms with van der Waals surface area (Å²) in [5.74, 6) is 2.81. The summed E-state index contributed by atoms with van der Waals surface area (Å²) in [5, 5.41) is 6.27. The van der Waals surface area contributed by atoms with Gasteiger partial charge in [0.1, 0.15) is 0 Å². The van der Waals surface area contributed by atoms with Crippen LogP contribution in [0, 0.1) is 0 Å². The summed E-state index contributed by atoms with van der Waals surface area (Å²) in [7, 11) is 1.58. The summed E-state index contributed by atoms with van der Waals surface area (Å²) in [4.78, 5) is 15.9. The molecule has 1 amide bonds. The molecule has 19 heavy (non-hydrogen) atoms. The lowest BCUT2D eigenvalue weighted by Crippen LogP contribution is -2.41. The molecule has 0 bridgehead atoms. The van der Waals surface area contributed by atoms with Gasteiger partial charge in [0.2, 0.25) is 11.8 Å². The number of rotatable bonds is 5. The van der Waals surface area contributed by atoms with E-state index in [9.17, 15) is 4.79 Å². The lowest BCUT2D eigenvalue weighted by molar-refractivity contribution is -0.121. The van der Waals surface area contributed by atoms with Crippen LogP contribution in [0.4, 0.5) is 0 Å². The van der Waals surface area contributed by atoms with E-state index in [-0.39, 0.29) is 5.91 Å². The summed E-state index contributed by atoms with van der Waals surface area (Å²) in [6.07, 6.45) is 2.25. The molecule has 0 radical (unpaired) electrons. The zero-order chi connectivity index (χ0) is 13.5. The molecule has 1 aromatic rings. The first-order chi connectivity index (χ1) is 9.28. The van der Waals surface area contributed by atoms with Crippen molar-refractivity contribution in [3.05, 3.63) is 23.9 Å². The van der Waals surface area contributed by atoms with Crippen molar-refractivity contribution >= 4 is 17.7 Å². The highest BCUT2D eigenvalue weighted by Crippen LogP contribution is 2.10. The Bertz CT molecular complexity index is 405. The van der Waals surface area contributed by atoms with Crippen LogP contribution < -0.4 is 15.4 Å². The van der Waals surface area contributed by atoms with Crippen LogP contribution >= 0.6 is 11.8 Å². The third kappa shape index (κ3) is 4.72. The molecule has 2 N–H and O–H groups in total. The maximum Gasteiger partial charge on any atom is 0.221 e. The van der Waals surface area contributed by atoms with Gasteiger partial charge in [0, 0.05) is 49.3 Å². The number of pyridine rings is 1. The first-order valence-corrected chi connectivity index (χ1v) is 7.50. The lowest BCUT2D eigenvalue weighted by Gasteiger charge is -2.22. The zero-order valence-corrected chi connectivity index (χ0v) is 11.8. The van der Waals surface area contributed by atoms with E-state index in [1.54, 1.807) is 19.4 Å². The van der Waals surface area contributed by atoms with Crippen molar-refractivity contribution in [3.63, 3.8) is 0 Å². The number of amides is 1. The maximum absolute atomic E-state index is 11.8. The Morgan fingerprint density at radius 3 is 3.16 bits per heavy atom. The SMILES string of the molecule is COc1ccc(CNC(=O)CC2CSCCN2)cn1. The molecule has 2 heterocycles. The topological polar surface area (TPSA) is 63.2 Å². The van der Waals surface area contributed by atoms with E-state index in [0.29, 0.717) is 24.9 Å². The molecule has 0 aromatic carbocycles. The largest absolute Gasteiger partial charge is 0.481 e. The minimum Gasteiger partial charge on any atom is -0.481 e. The number of ether oxygens (including phenoxy) is 1. The molecule has 1 aliphatic rings. The van der Waals surface area contributed by atoms with Crippen LogP contribution in [-0.2, 0) is 11.3 Å². The molecular weight excluding hydrogens is 262 g/mol. The number of aromatic nitrogens is 1. The van der Waals surface area contributed by atoms with Gasteiger partial charge in [-0.25, -0.2) is 4.98 Å². The second kappa shape index (κ2) is 7.35. The van der Waals surface area contributed by atoms with Gasteiger partial charge in [-0.1, -0.05) is 6.07 Å². The average molecular weight is 281 g/mol. The van der Waals surface area contributed by atoms with E-state index in [1.165, 1.54) is 0 Å². The standard InChI is InChI=1S/C13H19N3O2S/c1-18-13-3-2-10(8-16-13)7-15-12(17)6-11-9-19-5-4-14-11/h2-3,8,11,14H,4-7,9H2,1H3,(H,15,17). The molecule has 0 aliphatic carbocycles. The van der Waals surface area contributed by atoms with E-state index in [0.717, 1.165) is 23.6 Å². The molecule has 1 fully saturated rings. The molecule has 1 aromatic heterocycles. The summed E-state index contributed by atoms with van der Waals surface area (Å²) in [6.45, 7) is 1.50. The van der Waals surface area contributed by atoms with E-state index in [4.69, 9.17) is 4.74 Å². The molecule has 1 atom stereocenters. The minimum atomic E-state index is 0.0795. The fourth-order valence-electron chi connectivity index (χ4n) is 1.88. The number of hydrogen-bond acceptors (Lipinski definition) is 5. The molecule has 104 valence electrons. The van der Waals surface area contributed by atoms with Crippen molar-refractivity contribution < 1.29 is 9.53 Å². The van der Waals surface area contributed by atoms with Crippen LogP contribution in [0.1, 0.15) is 12.0 Å². The molecule has 1 saturated heterocycles. The van der Waals surface area contributed by atoms with Crippen molar-refractivity contribution in [3.8, 4) is 5.88 Å². The molecule has 2 rings (SSSR count). The molecule has 1 aliphatic heterocycles. The maximum atomic E-state index is 11.8. The Kier molecular flexibility index (Phi) is 5.47. The number of thioether (sulfide) groups is 1. The number of carbonyl (C=O) groups excluding carboxylic acids is 1. The van der Waals surface area contributed by atoms with Gasteiger partial charge in [0.15, 0.2) is 0 Å². The van der Waals surface area contributed by atoms with Crippen molar-refractivity contribution in [1.29, 1.82) is 0 Å². The van der Waals surface area contributed by atoms with E-state index < -0.39 is 0 Å². The van der Waals surface area contributed by atoms with Crippen molar-refractivity contribution in [2.45, 2.75) is 19.0 Å². The van der Waals surface area contributed by atoms with Crippen molar-refractivity contribution in [2.75, 3.05) is 25.2 Å². The van der Waals surface area contributed by atoms with Gasteiger partial charge in [-0.15, -0.1) is 0 Å². The number of nitrogens with one attached hydrogen (secondary N) is 2. The Labute approximate surface area is 117 Å².